The number of anilines is 5. The standard InChI is InChI=1S/C35H31FN8O18S5/c1-44(10-13-63(48)61-11-12-62-67(58,59)60)35-40-33(36)39-34(41-35)37-18-14-22-27(65(52,53)54)17-25(31(45)29(22)28(15-18)66(55,56)57)42-43-30-20-7-3-2-6-19(20)26(64(49,50)51)16-24(30)38-23-9-5-4-8-21(23)32(46)47/h2-9,14-17,38,45H,10-13H2,1H3,(H,46,47)(H,49,50,51)(H,52,53,54)(H,55,56,57)(H,58,59,60)(H,37,39,40,41). The van der Waals surface area contributed by atoms with Crippen LogP contribution < -0.4 is 15.5 Å². The molecule has 356 valence electrons. The van der Waals surface area contributed by atoms with Crippen LogP contribution in [0.1, 0.15) is 10.4 Å². The molecular weight excluding hydrogens is 1000 g/mol. The molecule has 0 spiro atoms. The molecule has 0 radical (unpaired) electrons. The van der Waals surface area contributed by atoms with E-state index in [0.717, 1.165) is 17.0 Å². The third-order valence-corrected chi connectivity index (χ3v) is 13.0. The van der Waals surface area contributed by atoms with Gasteiger partial charge in [0.2, 0.25) is 11.9 Å². The van der Waals surface area contributed by atoms with E-state index in [-0.39, 0.29) is 45.7 Å². The second kappa shape index (κ2) is 19.4. The van der Waals surface area contributed by atoms with Crippen molar-refractivity contribution in [1.29, 1.82) is 0 Å². The number of halogens is 1. The summed E-state index contributed by atoms with van der Waals surface area (Å²) in [7, 11) is -19.4. The Bertz CT molecular complexity index is 3490. The smallest absolute Gasteiger partial charge is 0.397 e. The minimum atomic E-state index is -5.49. The van der Waals surface area contributed by atoms with Crippen molar-refractivity contribution in [2.45, 2.75) is 14.7 Å². The first-order chi connectivity index (χ1) is 31.2. The lowest BCUT2D eigenvalue weighted by Gasteiger charge is -2.18. The molecule has 1 aromatic heterocycles. The molecule has 1 unspecified atom stereocenters. The third kappa shape index (κ3) is 12.1. The number of nitrogens with zero attached hydrogens (tertiary/aromatic N) is 6. The average molecular weight is 1030 g/mol. The Labute approximate surface area is 380 Å². The van der Waals surface area contributed by atoms with Crippen LogP contribution in [0, 0.1) is 6.08 Å². The van der Waals surface area contributed by atoms with E-state index in [4.69, 9.17) is 8.74 Å². The van der Waals surface area contributed by atoms with Crippen LogP contribution in [-0.2, 0) is 60.2 Å². The quantitative estimate of drug-likeness (QED) is 0.0318. The Morgan fingerprint density at radius 1 is 0.761 bits per heavy atom. The van der Waals surface area contributed by atoms with E-state index in [1.807, 2.05) is 0 Å². The number of aromatic carboxylic acids is 1. The molecule has 32 heteroatoms. The molecule has 1 heterocycles. The predicted octanol–water partition coefficient (Wildman–Crippen LogP) is 4.30. The molecular formula is C35H31FN8O18S5. The van der Waals surface area contributed by atoms with Gasteiger partial charge in [-0.15, -0.1) is 10.2 Å². The summed E-state index contributed by atoms with van der Waals surface area (Å²) < 4.78 is 173. The van der Waals surface area contributed by atoms with Gasteiger partial charge in [0.15, 0.2) is 16.8 Å². The largest absolute Gasteiger partial charge is 0.505 e. The van der Waals surface area contributed by atoms with Crippen LogP contribution in [0.25, 0.3) is 21.5 Å². The minimum Gasteiger partial charge on any atom is -0.505 e. The zero-order valence-corrected chi connectivity index (χ0v) is 37.5. The summed E-state index contributed by atoms with van der Waals surface area (Å²) in [5.41, 5.74) is -2.42. The summed E-state index contributed by atoms with van der Waals surface area (Å²) in [5, 5.41) is 32.5. The molecule has 0 aliphatic carbocycles. The molecule has 0 aliphatic heterocycles. The summed E-state index contributed by atoms with van der Waals surface area (Å²) in [6.45, 7) is -1.37. The molecule has 0 bridgehead atoms. The average Bonchev–Trinajstić information content (AvgIpc) is 3.22. The molecule has 0 fully saturated rings. The number of phenolic OH excluding ortho intramolecular Hbond substituents is 1. The summed E-state index contributed by atoms with van der Waals surface area (Å²) in [6, 6.07) is 13.6. The Morgan fingerprint density at radius 3 is 2.03 bits per heavy atom. The number of hydrogen-bond donors (Lipinski definition) is 8. The van der Waals surface area contributed by atoms with E-state index in [1.54, 1.807) is 0 Å². The van der Waals surface area contributed by atoms with Crippen molar-refractivity contribution in [2.75, 3.05) is 48.1 Å². The SMILES string of the molecule is CN(CCS(=O)OCCOS(=O)(=O)O)c1nc(F)nc(Nc2cc(S(=O)(=O)O)c3c(O)c(N=Nc4c(Nc5ccccc5C(=O)O)cc(S(=O)(=O)O)c5ccccc45)cc(S(=O)(=O)O)c3c2)n1. The lowest BCUT2D eigenvalue weighted by molar-refractivity contribution is 0.0697. The molecule has 8 N–H and O–H groups in total. The highest BCUT2D eigenvalue weighted by Gasteiger charge is 2.28. The van der Waals surface area contributed by atoms with Gasteiger partial charge in [0.1, 0.15) is 26.1 Å². The van der Waals surface area contributed by atoms with Gasteiger partial charge in [-0.2, -0.15) is 53.0 Å². The number of azo groups is 1. The van der Waals surface area contributed by atoms with Crippen molar-refractivity contribution in [3.05, 3.63) is 84.4 Å². The van der Waals surface area contributed by atoms with Gasteiger partial charge in [0, 0.05) is 40.8 Å². The van der Waals surface area contributed by atoms with E-state index >= 15 is 0 Å². The topological polar surface area (TPSA) is 401 Å². The Hall–Kier alpha value is -6.46. The Balaban J connectivity index is 1.43. The maximum absolute atomic E-state index is 14.7. The number of benzene rings is 5. The first kappa shape index (κ1) is 50.0. The van der Waals surface area contributed by atoms with Crippen LogP contribution >= 0.6 is 0 Å². The van der Waals surface area contributed by atoms with Crippen LogP contribution in [0.15, 0.2) is 97.7 Å². The maximum Gasteiger partial charge on any atom is 0.397 e. The molecule has 0 aliphatic rings. The number of para-hydroxylation sites is 1. The predicted molar refractivity (Wildman–Crippen MR) is 233 cm³/mol. The van der Waals surface area contributed by atoms with E-state index in [1.165, 1.54) is 55.6 Å². The number of hydrogen-bond acceptors (Lipinski definition) is 21. The molecule has 6 aromatic rings. The third-order valence-electron chi connectivity index (χ3n) is 8.93. The van der Waals surface area contributed by atoms with E-state index in [0.29, 0.717) is 12.1 Å². The number of carbonyl (C=O) groups is 1. The fourth-order valence-electron chi connectivity index (χ4n) is 6.12. The highest BCUT2D eigenvalue weighted by molar-refractivity contribution is 7.86. The summed E-state index contributed by atoms with van der Waals surface area (Å²) in [4.78, 5) is 21.1. The van der Waals surface area contributed by atoms with Crippen molar-refractivity contribution in [1.82, 2.24) is 15.0 Å². The molecule has 67 heavy (non-hydrogen) atoms. The first-order valence-electron chi connectivity index (χ1n) is 18.1. The molecule has 1 atom stereocenters. The number of aromatic nitrogens is 3. The second-order valence-corrected chi connectivity index (χ2v) is 19.9. The second-order valence-electron chi connectivity index (χ2n) is 13.4. The Morgan fingerprint density at radius 2 is 1.39 bits per heavy atom. The number of fused-ring (bicyclic) bond motifs is 2. The number of carboxylic acid groups (broad SMARTS) is 1. The monoisotopic (exact) mass is 1030 g/mol. The highest BCUT2D eigenvalue weighted by Crippen LogP contribution is 2.46. The van der Waals surface area contributed by atoms with Gasteiger partial charge in [0.25, 0.3) is 30.4 Å². The molecule has 6 rings (SSSR count). The van der Waals surface area contributed by atoms with Crippen molar-refractivity contribution < 1.29 is 83.9 Å². The lowest BCUT2D eigenvalue weighted by atomic mass is 10.1. The number of carboxylic acids is 1. The van der Waals surface area contributed by atoms with E-state index in [9.17, 15) is 70.9 Å². The van der Waals surface area contributed by atoms with Crippen molar-refractivity contribution in [3.8, 4) is 5.75 Å². The van der Waals surface area contributed by atoms with Gasteiger partial charge in [-0.1, -0.05) is 36.4 Å². The van der Waals surface area contributed by atoms with Crippen LogP contribution in [-0.4, -0.2) is 120 Å². The summed E-state index contributed by atoms with van der Waals surface area (Å²) >= 11 is -2.07. The summed E-state index contributed by atoms with van der Waals surface area (Å²) in [6.07, 6.45) is -1.42. The van der Waals surface area contributed by atoms with Crippen LogP contribution in [0.3, 0.4) is 0 Å². The zero-order valence-electron chi connectivity index (χ0n) is 33.4. The molecule has 5 aromatic carbocycles. The van der Waals surface area contributed by atoms with Gasteiger partial charge < -0.3 is 25.7 Å². The maximum atomic E-state index is 14.7. The van der Waals surface area contributed by atoms with Crippen LogP contribution in [0.2, 0.25) is 0 Å². The fraction of sp³-hybridized carbons (Fsp3) is 0.143. The first-order valence-corrected chi connectivity index (χ1v) is 25.0. The molecule has 26 nitrogen and oxygen atoms in total. The van der Waals surface area contributed by atoms with Gasteiger partial charge in [0.05, 0.1) is 35.9 Å². The highest BCUT2D eigenvalue weighted by atomic mass is 32.3. The molecule has 0 saturated heterocycles. The number of rotatable bonds is 19. The minimum absolute atomic E-state index is 0.0727. The van der Waals surface area contributed by atoms with Crippen LogP contribution in [0.4, 0.5) is 44.7 Å². The van der Waals surface area contributed by atoms with Gasteiger partial charge in [-0.25, -0.2) is 13.2 Å². The fourth-order valence-corrected chi connectivity index (χ4v) is 9.36. The van der Waals surface area contributed by atoms with Crippen molar-refractivity contribution in [3.63, 3.8) is 0 Å². The number of phenols is 1. The number of aromatic hydroxyl groups is 1. The van der Waals surface area contributed by atoms with Gasteiger partial charge in [-0.05, 0) is 36.4 Å². The van der Waals surface area contributed by atoms with Gasteiger partial charge in [-0.3, -0.25) is 22.4 Å². The molecule has 0 amide bonds. The van der Waals surface area contributed by atoms with Crippen LogP contribution in [0.5, 0.6) is 5.75 Å². The normalized spacial score (nSPS) is 13.0. The Kier molecular flexibility index (Phi) is 14.5. The van der Waals surface area contributed by atoms with E-state index < -0.39 is 132 Å². The van der Waals surface area contributed by atoms with Crippen molar-refractivity contribution >= 4 is 120 Å². The number of nitrogens with one attached hydrogen (secondary N) is 2. The van der Waals surface area contributed by atoms with Gasteiger partial charge >= 0.3 is 22.4 Å². The summed E-state index contributed by atoms with van der Waals surface area (Å²) in [5.74, 6) is -3.96. The van der Waals surface area contributed by atoms with E-state index in [2.05, 4.69) is 40.0 Å². The van der Waals surface area contributed by atoms with Crippen molar-refractivity contribution in [2.24, 2.45) is 10.2 Å². The molecule has 0 saturated carbocycles. The lowest BCUT2D eigenvalue weighted by Crippen LogP contribution is -2.27. The zero-order chi connectivity index (χ0) is 49.2.